The minimum atomic E-state index is 0.195. The summed E-state index contributed by atoms with van der Waals surface area (Å²) in [4.78, 5) is 7.82. The lowest BCUT2D eigenvalue weighted by Crippen LogP contribution is -2.25. The highest BCUT2D eigenvalue weighted by molar-refractivity contribution is 5.28. The summed E-state index contributed by atoms with van der Waals surface area (Å²) in [6, 6.07) is 2.22. The van der Waals surface area contributed by atoms with E-state index in [0.717, 1.165) is 18.5 Å². The predicted octanol–water partition coefficient (Wildman–Crippen LogP) is 1.12. The van der Waals surface area contributed by atoms with Crippen LogP contribution in [0.5, 0.6) is 0 Å². The van der Waals surface area contributed by atoms with Gasteiger partial charge < -0.3 is 4.98 Å². The van der Waals surface area contributed by atoms with Crippen LogP contribution in [0.15, 0.2) is 11.1 Å². The molecule has 0 aromatic carbocycles. The van der Waals surface area contributed by atoms with Crippen LogP contribution < -0.4 is 10.7 Å². The van der Waals surface area contributed by atoms with Crippen LogP contribution in [-0.2, 0) is 5.41 Å². The molecule has 1 N–H and O–H groups in total. The van der Waals surface area contributed by atoms with Gasteiger partial charge in [-0.3, -0.25) is 4.99 Å². The molecule has 0 spiro atoms. The molecule has 70 valence electrons. The fraction of sp³-hybridized carbons (Fsp3) is 0.545. The van der Waals surface area contributed by atoms with Crippen LogP contribution >= 0.6 is 0 Å². The smallest absolute Gasteiger partial charge is 0.132 e. The maximum Gasteiger partial charge on any atom is 0.132 e. The molecule has 0 saturated carbocycles. The van der Waals surface area contributed by atoms with E-state index in [1.807, 2.05) is 0 Å². The molecule has 0 amide bonds. The third-order valence-corrected chi connectivity index (χ3v) is 2.40. The molecule has 0 unspecified atom stereocenters. The van der Waals surface area contributed by atoms with Gasteiger partial charge in [-0.25, -0.2) is 0 Å². The van der Waals surface area contributed by atoms with Gasteiger partial charge in [-0.2, -0.15) is 0 Å². The van der Waals surface area contributed by atoms with Crippen molar-refractivity contribution in [2.75, 3.05) is 6.54 Å². The van der Waals surface area contributed by atoms with E-state index in [1.165, 1.54) is 10.9 Å². The number of nitrogens with one attached hydrogen (secondary N) is 1. The van der Waals surface area contributed by atoms with Crippen LogP contribution in [0, 0.1) is 0 Å². The maximum atomic E-state index is 4.44. The van der Waals surface area contributed by atoms with Gasteiger partial charge in [-0.15, -0.1) is 0 Å². The van der Waals surface area contributed by atoms with Crippen molar-refractivity contribution in [3.63, 3.8) is 0 Å². The predicted molar refractivity (Wildman–Crippen MR) is 54.2 cm³/mol. The summed E-state index contributed by atoms with van der Waals surface area (Å²) in [7, 11) is 0. The van der Waals surface area contributed by atoms with Crippen molar-refractivity contribution in [3.8, 4) is 0 Å². The number of fused-ring (bicyclic) bond motifs is 1. The first-order valence-electron chi connectivity index (χ1n) is 4.81. The summed E-state index contributed by atoms with van der Waals surface area (Å²) in [5.74, 6) is 0. The van der Waals surface area contributed by atoms with Crippen LogP contribution in [0.4, 0.5) is 0 Å². The molecule has 0 bridgehead atoms. The Morgan fingerprint density at radius 1 is 1.38 bits per heavy atom. The molecule has 2 heteroatoms. The van der Waals surface area contributed by atoms with Crippen molar-refractivity contribution in [1.82, 2.24) is 4.98 Å². The van der Waals surface area contributed by atoms with E-state index in [-0.39, 0.29) is 5.41 Å². The minimum absolute atomic E-state index is 0.195. The van der Waals surface area contributed by atoms with Crippen LogP contribution in [0.25, 0.3) is 6.08 Å². The molecule has 2 nitrogen and oxygen atoms in total. The highest BCUT2D eigenvalue weighted by Crippen LogP contribution is 2.17. The Hall–Kier alpha value is -1.05. The van der Waals surface area contributed by atoms with Gasteiger partial charge in [0.1, 0.15) is 5.49 Å². The standard InChI is InChI=1S/C11H16N2/c1-11(2,3)9-7-8-5-4-6-12-10(8)13-9/h5,7H,4,6H2,1-3H3,(H,12,13). The molecule has 2 heterocycles. The zero-order valence-electron chi connectivity index (χ0n) is 8.52. The van der Waals surface area contributed by atoms with Crippen molar-refractivity contribution in [2.45, 2.75) is 32.6 Å². The van der Waals surface area contributed by atoms with Gasteiger partial charge >= 0.3 is 0 Å². The molecule has 1 aromatic rings. The average Bonchev–Trinajstić information content (AvgIpc) is 2.45. The monoisotopic (exact) mass is 176 g/mol. The highest BCUT2D eigenvalue weighted by Gasteiger charge is 2.15. The van der Waals surface area contributed by atoms with Crippen LogP contribution in [-0.4, -0.2) is 11.5 Å². The Bertz CT molecular complexity index is 384. The van der Waals surface area contributed by atoms with Crippen molar-refractivity contribution in [3.05, 3.63) is 22.5 Å². The second-order valence-corrected chi connectivity index (χ2v) is 4.61. The molecular weight excluding hydrogens is 160 g/mol. The highest BCUT2D eigenvalue weighted by atomic mass is 14.9. The summed E-state index contributed by atoms with van der Waals surface area (Å²) in [5.41, 5.74) is 2.54. The average molecular weight is 176 g/mol. The molecule has 1 aliphatic heterocycles. The van der Waals surface area contributed by atoms with E-state index in [9.17, 15) is 0 Å². The molecule has 2 rings (SSSR count). The Morgan fingerprint density at radius 2 is 2.15 bits per heavy atom. The topological polar surface area (TPSA) is 28.1 Å². The fourth-order valence-corrected chi connectivity index (χ4v) is 1.55. The lowest BCUT2D eigenvalue weighted by atomic mass is 9.92. The summed E-state index contributed by atoms with van der Waals surface area (Å²) in [5, 5.41) is 1.27. The number of hydrogen-bond donors (Lipinski definition) is 1. The number of H-pyrrole nitrogens is 1. The van der Waals surface area contributed by atoms with Gasteiger partial charge in [-0.05, 0) is 12.5 Å². The van der Waals surface area contributed by atoms with Gasteiger partial charge in [0, 0.05) is 22.9 Å². The first-order valence-corrected chi connectivity index (χ1v) is 4.81. The zero-order chi connectivity index (χ0) is 9.47. The summed E-state index contributed by atoms with van der Waals surface area (Å²) >= 11 is 0. The van der Waals surface area contributed by atoms with Gasteiger partial charge in [0.25, 0.3) is 0 Å². The Kier molecular flexibility index (Phi) is 1.79. The van der Waals surface area contributed by atoms with Gasteiger partial charge in [0.2, 0.25) is 0 Å². The molecule has 0 atom stereocenters. The van der Waals surface area contributed by atoms with Crippen LogP contribution in [0.2, 0.25) is 0 Å². The van der Waals surface area contributed by atoms with Crippen molar-refractivity contribution in [2.24, 2.45) is 4.99 Å². The quantitative estimate of drug-likeness (QED) is 0.613. The van der Waals surface area contributed by atoms with E-state index >= 15 is 0 Å². The first kappa shape index (κ1) is 8.54. The molecule has 0 radical (unpaired) electrons. The SMILES string of the molecule is CC(C)(C)c1cc2c([nH]1)=NCCC=2. The van der Waals surface area contributed by atoms with E-state index in [1.54, 1.807) is 0 Å². The van der Waals surface area contributed by atoms with Gasteiger partial charge in [0.05, 0.1) is 0 Å². The first-order chi connectivity index (χ1) is 6.07. The summed E-state index contributed by atoms with van der Waals surface area (Å²) in [6.07, 6.45) is 3.34. The number of hydrogen-bond acceptors (Lipinski definition) is 1. The Labute approximate surface area is 78.4 Å². The van der Waals surface area contributed by atoms with Gasteiger partial charge in [-0.1, -0.05) is 26.8 Å². The van der Waals surface area contributed by atoms with Gasteiger partial charge in [0.15, 0.2) is 0 Å². The zero-order valence-corrected chi connectivity index (χ0v) is 8.52. The third-order valence-electron chi connectivity index (χ3n) is 2.40. The third kappa shape index (κ3) is 1.53. The van der Waals surface area contributed by atoms with Crippen molar-refractivity contribution < 1.29 is 0 Å². The fourth-order valence-electron chi connectivity index (χ4n) is 1.55. The minimum Gasteiger partial charge on any atom is -0.343 e. The number of aromatic amines is 1. The summed E-state index contributed by atoms with van der Waals surface area (Å²) in [6.45, 7) is 7.57. The maximum absolute atomic E-state index is 4.44. The summed E-state index contributed by atoms with van der Waals surface area (Å²) < 4.78 is 0. The van der Waals surface area contributed by atoms with E-state index < -0.39 is 0 Å². The van der Waals surface area contributed by atoms with E-state index in [0.29, 0.717) is 0 Å². The lowest BCUT2D eigenvalue weighted by molar-refractivity contribution is 0.571. The molecule has 0 aliphatic carbocycles. The Morgan fingerprint density at radius 3 is 2.77 bits per heavy atom. The molecular formula is C11H16N2. The number of nitrogens with zero attached hydrogens (tertiary/aromatic N) is 1. The number of aromatic nitrogens is 1. The molecule has 0 saturated heterocycles. The van der Waals surface area contributed by atoms with Crippen LogP contribution in [0.1, 0.15) is 32.9 Å². The molecule has 1 aromatic heterocycles. The Balaban J connectivity index is 2.61. The lowest BCUT2D eigenvalue weighted by Gasteiger charge is -2.15. The number of rotatable bonds is 0. The van der Waals surface area contributed by atoms with Crippen molar-refractivity contribution in [1.29, 1.82) is 0 Å². The normalized spacial score (nSPS) is 15.9. The van der Waals surface area contributed by atoms with E-state index in [2.05, 4.69) is 42.9 Å². The van der Waals surface area contributed by atoms with E-state index in [4.69, 9.17) is 0 Å². The van der Waals surface area contributed by atoms with Crippen LogP contribution in [0.3, 0.4) is 0 Å². The molecule has 1 aliphatic rings. The molecule has 13 heavy (non-hydrogen) atoms. The largest absolute Gasteiger partial charge is 0.343 e. The second kappa shape index (κ2) is 2.72. The second-order valence-electron chi connectivity index (χ2n) is 4.61. The van der Waals surface area contributed by atoms with Crippen molar-refractivity contribution >= 4 is 6.08 Å². The molecule has 0 fully saturated rings.